The Bertz CT molecular complexity index is 552. The number of unbranched alkanes of at least 4 members (excludes halogenated alkanes) is 1. The number of aryl methyl sites for hydroxylation is 1. The lowest BCUT2D eigenvalue weighted by molar-refractivity contribution is 0.509. The van der Waals surface area contributed by atoms with Crippen molar-refractivity contribution in [2.75, 3.05) is 5.73 Å². The van der Waals surface area contributed by atoms with Gasteiger partial charge in [0.2, 0.25) is 0 Å². The van der Waals surface area contributed by atoms with Crippen LogP contribution in [0.1, 0.15) is 19.8 Å². The summed E-state index contributed by atoms with van der Waals surface area (Å²) in [6.45, 7) is 2.65. The molecule has 0 spiro atoms. The minimum Gasteiger partial charge on any atom is -0.398 e. The first-order valence-electron chi connectivity index (χ1n) is 5.64. The molecular weight excluding hydrogens is 240 g/mol. The van der Waals surface area contributed by atoms with Crippen LogP contribution in [0.2, 0.25) is 0 Å². The third-order valence-corrected chi connectivity index (χ3v) is 2.59. The van der Waals surface area contributed by atoms with Gasteiger partial charge >= 0.3 is 0 Å². The molecule has 18 heavy (non-hydrogen) atoms. The van der Waals surface area contributed by atoms with Gasteiger partial charge in [0.25, 0.3) is 0 Å². The van der Waals surface area contributed by atoms with E-state index in [2.05, 4.69) is 15.5 Å². The summed E-state index contributed by atoms with van der Waals surface area (Å²) in [4.78, 5) is 0. The maximum Gasteiger partial charge on any atom is 0.184 e. The number of tetrazole rings is 1. The average molecular weight is 253 g/mol. The molecule has 5 nitrogen and oxygen atoms in total. The largest absolute Gasteiger partial charge is 0.398 e. The van der Waals surface area contributed by atoms with Crippen LogP contribution in [0.3, 0.4) is 0 Å². The number of hydrogen-bond acceptors (Lipinski definition) is 4. The Morgan fingerprint density at radius 3 is 2.72 bits per heavy atom. The molecule has 2 aromatic rings. The summed E-state index contributed by atoms with van der Waals surface area (Å²) in [6.07, 6.45) is 1.87. The molecule has 0 fully saturated rings. The highest BCUT2D eigenvalue weighted by molar-refractivity contribution is 5.71. The fourth-order valence-electron chi connectivity index (χ4n) is 1.61. The van der Waals surface area contributed by atoms with Crippen LogP contribution in [0.15, 0.2) is 12.1 Å². The Morgan fingerprint density at radius 1 is 1.28 bits per heavy atom. The molecule has 0 amide bonds. The van der Waals surface area contributed by atoms with Gasteiger partial charge in [0.05, 0.1) is 0 Å². The van der Waals surface area contributed by atoms with Crippen LogP contribution in [-0.2, 0) is 6.54 Å². The summed E-state index contributed by atoms with van der Waals surface area (Å²) in [6, 6.07) is 1.95. The van der Waals surface area contributed by atoms with Crippen molar-refractivity contribution in [1.82, 2.24) is 20.2 Å². The fraction of sp³-hybridized carbons (Fsp3) is 0.364. The average Bonchev–Trinajstić information content (AvgIpc) is 2.79. The van der Waals surface area contributed by atoms with Crippen molar-refractivity contribution < 1.29 is 8.78 Å². The molecular formula is C11H13F2N5. The van der Waals surface area contributed by atoms with E-state index in [0.29, 0.717) is 17.9 Å². The zero-order valence-electron chi connectivity index (χ0n) is 9.90. The number of aromatic nitrogens is 4. The van der Waals surface area contributed by atoms with E-state index in [9.17, 15) is 8.78 Å². The van der Waals surface area contributed by atoms with Crippen LogP contribution < -0.4 is 5.73 Å². The molecule has 96 valence electrons. The number of nitrogen functional groups attached to an aromatic ring is 1. The molecule has 0 unspecified atom stereocenters. The third-order valence-electron chi connectivity index (χ3n) is 2.59. The van der Waals surface area contributed by atoms with E-state index in [-0.39, 0.29) is 5.69 Å². The van der Waals surface area contributed by atoms with Gasteiger partial charge in [-0.2, -0.15) is 0 Å². The van der Waals surface area contributed by atoms with Crippen LogP contribution in [0.25, 0.3) is 11.4 Å². The molecule has 0 aliphatic carbocycles. The van der Waals surface area contributed by atoms with E-state index < -0.39 is 11.6 Å². The quantitative estimate of drug-likeness (QED) is 0.846. The maximum absolute atomic E-state index is 13.2. The molecule has 7 heteroatoms. The van der Waals surface area contributed by atoms with Gasteiger partial charge in [-0.1, -0.05) is 13.3 Å². The van der Waals surface area contributed by atoms with Crippen molar-refractivity contribution in [3.63, 3.8) is 0 Å². The monoisotopic (exact) mass is 253 g/mol. The highest BCUT2D eigenvalue weighted by atomic mass is 19.2. The summed E-state index contributed by atoms with van der Waals surface area (Å²) in [5.41, 5.74) is 6.08. The van der Waals surface area contributed by atoms with Gasteiger partial charge < -0.3 is 5.73 Å². The molecule has 0 saturated heterocycles. The van der Waals surface area contributed by atoms with Crippen LogP contribution >= 0.6 is 0 Å². The van der Waals surface area contributed by atoms with E-state index in [1.165, 1.54) is 4.68 Å². The number of halogens is 2. The molecule has 1 aromatic carbocycles. The summed E-state index contributed by atoms with van der Waals surface area (Å²) < 4.78 is 27.8. The predicted molar refractivity (Wildman–Crippen MR) is 62.5 cm³/mol. The van der Waals surface area contributed by atoms with Crippen molar-refractivity contribution in [3.05, 3.63) is 23.8 Å². The molecule has 2 N–H and O–H groups in total. The van der Waals surface area contributed by atoms with Gasteiger partial charge in [-0.15, -0.1) is 5.10 Å². The number of benzene rings is 1. The van der Waals surface area contributed by atoms with Crippen LogP contribution in [0.5, 0.6) is 0 Å². The SMILES string of the molecule is CCCCn1nnnc1-c1cc(F)c(F)cc1N. The summed E-state index contributed by atoms with van der Waals surface area (Å²) in [5.74, 6) is -1.60. The van der Waals surface area contributed by atoms with Crippen molar-refractivity contribution in [1.29, 1.82) is 0 Å². The summed E-state index contributed by atoms with van der Waals surface area (Å²) in [7, 11) is 0. The smallest absolute Gasteiger partial charge is 0.184 e. The number of rotatable bonds is 4. The standard InChI is InChI=1S/C11H13F2N5/c1-2-3-4-18-11(15-16-17-18)7-5-8(12)9(13)6-10(7)14/h5-6H,2-4,14H2,1H3. The van der Waals surface area contributed by atoms with Gasteiger partial charge in [0.1, 0.15) is 0 Å². The Balaban J connectivity index is 2.42. The minimum absolute atomic E-state index is 0.112. The zero-order chi connectivity index (χ0) is 13.1. The molecule has 0 bridgehead atoms. The molecule has 2 rings (SSSR count). The van der Waals surface area contributed by atoms with Crippen LogP contribution in [-0.4, -0.2) is 20.2 Å². The van der Waals surface area contributed by atoms with E-state index in [1.54, 1.807) is 0 Å². The second-order valence-corrected chi connectivity index (χ2v) is 3.93. The van der Waals surface area contributed by atoms with Gasteiger partial charge in [-0.3, -0.25) is 0 Å². The summed E-state index contributed by atoms with van der Waals surface area (Å²) in [5, 5.41) is 11.1. The van der Waals surface area contributed by atoms with E-state index >= 15 is 0 Å². The lowest BCUT2D eigenvalue weighted by atomic mass is 10.1. The third kappa shape index (κ3) is 2.29. The first-order valence-corrected chi connectivity index (χ1v) is 5.64. The highest BCUT2D eigenvalue weighted by Gasteiger charge is 2.15. The molecule has 1 aromatic heterocycles. The van der Waals surface area contributed by atoms with Crippen LogP contribution in [0.4, 0.5) is 14.5 Å². The normalized spacial score (nSPS) is 10.8. The van der Waals surface area contributed by atoms with E-state index in [0.717, 1.165) is 25.0 Å². The lowest BCUT2D eigenvalue weighted by Crippen LogP contribution is -2.05. The first kappa shape index (κ1) is 12.4. The molecule has 1 heterocycles. The number of nitrogens with zero attached hydrogens (tertiary/aromatic N) is 4. The summed E-state index contributed by atoms with van der Waals surface area (Å²) >= 11 is 0. The molecule has 0 atom stereocenters. The first-order chi connectivity index (χ1) is 8.63. The van der Waals surface area contributed by atoms with Crippen molar-refractivity contribution in [3.8, 4) is 11.4 Å². The predicted octanol–water partition coefficient (Wildman–Crippen LogP) is 2.00. The van der Waals surface area contributed by atoms with Crippen molar-refractivity contribution >= 4 is 5.69 Å². The zero-order valence-corrected chi connectivity index (χ0v) is 9.90. The van der Waals surface area contributed by atoms with Crippen molar-refractivity contribution in [2.24, 2.45) is 0 Å². The maximum atomic E-state index is 13.2. The fourth-order valence-corrected chi connectivity index (χ4v) is 1.61. The molecule has 0 aliphatic rings. The highest BCUT2D eigenvalue weighted by Crippen LogP contribution is 2.26. The number of nitrogens with two attached hydrogens (primary N) is 1. The minimum atomic E-state index is -0.983. The second-order valence-electron chi connectivity index (χ2n) is 3.93. The van der Waals surface area contributed by atoms with Gasteiger partial charge in [-0.25, -0.2) is 13.5 Å². The van der Waals surface area contributed by atoms with E-state index in [1.807, 2.05) is 6.92 Å². The van der Waals surface area contributed by atoms with Gasteiger partial charge in [0.15, 0.2) is 17.5 Å². The topological polar surface area (TPSA) is 69.6 Å². The molecule has 0 radical (unpaired) electrons. The Labute approximate surface area is 103 Å². The Morgan fingerprint density at radius 2 is 2.00 bits per heavy atom. The Hall–Kier alpha value is -2.05. The second kappa shape index (κ2) is 5.07. The molecule has 0 saturated carbocycles. The molecule has 0 aliphatic heterocycles. The van der Waals surface area contributed by atoms with Crippen LogP contribution in [0, 0.1) is 11.6 Å². The lowest BCUT2D eigenvalue weighted by Gasteiger charge is -2.07. The number of anilines is 1. The Kier molecular flexibility index (Phi) is 3.50. The number of hydrogen-bond donors (Lipinski definition) is 1. The van der Waals surface area contributed by atoms with Crippen molar-refractivity contribution in [2.45, 2.75) is 26.3 Å². The van der Waals surface area contributed by atoms with Gasteiger partial charge in [-0.05, 0) is 22.9 Å². The van der Waals surface area contributed by atoms with Gasteiger partial charge in [0, 0.05) is 23.9 Å². The van der Waals surface area contributed by atoms with E-state index in [4.69, 9.17) is 5.73 Å².